The topological polar surface area (TPSA) is 120 Å². The molecule has 1 amide bonds. The summed E-state index contributed by atoms with van der Waals surface area (Å²) >= 11 is 0. The van der Waals surface area contributed by atoms with Crippen LogP contribution in [0.25, 0.3) is 11.0 Å². The van der Waals surface area contributed by atoms with Gasteiger partial charge in [-0.25, -0.2) is 4.98 Å². The lowest BCUT2D eigenvalue weighted by Crippen LogP contribution is -2.34. The van der Waals surface area contributed by atoms with Crippen molar-refractivity contribution in [1.82, 2.24) is 9.55 Å². The summed E-state index contributed by atoms with van der Waals surface area (Å²) in [7, 11) is 1.55. The highest BCUT2D eigenvalue weighted by molar-refractivity contribution is 5.92. The average Bonchev–Trinajstić information content (AvgIpc) is 3.30. The molecule has 0 radical (unpaired) electrons. The summed E-state index contributed by atoms with van der Waals surface area (Å²) in [6.07, 6.45) is 1.91. The summed E-state index contributed by atoms with van der Waals surface area (Å²) < 4.78 is 6.35. The number of non-ortho nitro benzene ring substituents is 1. The number of hydrogen-bond donors (Lipinski definition) is 1. The van der Waals surface area contributed by atoms with E-state index in [-0.39, 0.29) is 23.6 Å². The van der Waals surface area contributed by atoms with E-state index >= 15 is 0 Å². The number of rotatable bonds is 6. The van der Waals surface area contributed by atoms with Crippen molar-refractivity contribution >= 4 is 34.1 Å². The van der Waals surface area contributed by atoms with Crippen molar-refractivity contribution in [2.75, 3.05) is 30.4 Å². The molecule has 1 aliphatic rings. The summed E-state index contributed by atoms with van der Waals surface area (Å²) in [6.45, 7) is 1.11. The maximum atomic E-state index is 13.2. The number of amides is 1. The third kappa shape index (κ3) is 4.18. The molecular weight excluding hydrogens is 402 g/mol. The molecule has 2 heterocycles. The summed E-state index contributed by atoms with van der Waals surface area (Å²) in [5, 5.41) is 14.0. The second kappa shape index (κ2) is 8.42. The molecular formula is C21H21N5O5. The monoisotopic (exact) mass is 423 g/mol. The van der Waals surface area contributed by atoms with Gasteiger partial charge in [0.1, 0.15) is 12.3 Å². The fourth-order valence-electron chi connectivity index (χ4n) is 3.64. The third-order valence-corrected chi connectivity index (χ3v) is 5.20. The van der Waals surface area contributed by atoms with Crippen LogP contribution in [0.4, 0.5) is 17.2 Å². The number of nitrogens with zero attached hydrogens (tertiary/aromatic N) is 4. The maximum Gasteiger partial charge on any atom is 0.294 e. The Morgan fingerprint density at radius 2 is 1.90 bits per heavy atom. The van der Waals surface area contributed by atoms with Crippen molar-refractivity contribution in [3.8, 4) is 5.75 Å². The van der Waals surface area contributed by atoms with Gasteiger partial charge < -0.3 is 15.0 Å². The number of benzene rings is 2. The Kier molecular flexibility index (Phi) is 5.52. The lowest BCUT2D eigenvalue weighted by Gasteiger charge is -2.19. The molecule has 1 fully saturated rings. The number of carbonyl (C=O) groups is 1. The van der Waals surface area contributed by atoms with E-state index in [0.29, 0.717) is 30.0 Å². The minimum atomic E-state index is -0.542. The van der Waals surface area contributed by atoms with Crippen LogP contribution in [0.3, 0.4) is 0 Å². The lowest BCUT2D eigenvalue weighted by atomic mass is 10.2. The Hall–Kier alpha value is -3.95. The number of nitrogens with one attached hydrogen (secondary N) is 1. The van der Waals surface area contributed by atoms with Crippen LogP contribution in [0.15, 0.2) is 47.3 Å². The first-order chi connectivity index (χ1) is 15.0. The first-order valence-corrected chi connectivity index (χ1v) is 9.84. The highest BCUT2D eigenvalue weighted by Crippen LogP contribution is 2.22. The quantitative estimate of drug-likeness (QED) is 0.478. The van der Waals surface area contributed by atoms with E-state index in [0.717, 1.165) is 12.8 Å². The molecule has 0 aliphatic carbocycles. The van der Waals surface area contributed by atoms with Gasteiger partial charge in [0.15, 0.2) is 5.82 Å². The molecule has 10 nitrogen and oxygen atoms in total. The van der Waals surface area contributed by atoms with Crippen molar-refractivity contribution in [2.24, 2.45) is 0 Å². The highest BCUT2D eigenvalue weighted by atomic mass is 16.6. The molecule has 4 rings (SSSR count). The number of anilines is 2. The van der Waals surface area contributed by atoms with Gasteiger partial charge in [0.2, 0.25) is 5.91 Å². The number of hydrogen-bond acceptors (Lipinski definition) is 7. The van der Waals surface area contributed by atoms with Crippen LogP contribution in [0.2, 0.25) is 0 Å². The van der Waals surface area contributed by atoms with E-state index in [4.69, 9.17) is 4.74 Å². The first kappa shape index (κ1) is 20.3. The van der Waals surface area contributed by atoms with Gasteiger partial charge in [0.05, 0.1) is 23.1 Å². The summed E-state index contributed by atoms with van der Waals surface area (Å²) in [4.78, 5) is 43.0. The minimum Gasteiger partial charge on any atom is -0.497 e. The molecule has 0 bridgehead atoms. The zero-order chi connectivity index (χ0) is 22.0. The number of aromatic nitrogens is 2. The van der Waals surface area contributed by atoms with Crippen LogP contribution in [0.5, 0.6) is 5.75 Å². The average molecular weight is 423 g/mol. The Bertz CT molecular complexity index is 1200. The van der Waals surface area contributed by atoms with Gasteiger partial charge in [-0.05, 0) is 43.2 Å². The van der Waals surface area contributed by atoms with Gasteiger partial charge >= 0.3 is 0 Å². The predicted octanol–water partition coefficient (Wildman–Crippen LogP) is 2.55. The van der Waals surface area contributed by atoms with Gasteiger partial charge in [-0.2, -0.15) is 0 Å². The number of carbonyl (C=O) groups excluding carboxylic acids is 1. The predicted molar refractivity (Wildman–Crippen MR) is 116 cm³/mol. The molecule has 1 saturated heterocycles. The van der Waals surface area contributed by atoms with E-state index in [9.17, 15) is 19.7 Å². The maximum absolute atomic E-state index is 13.2. The standard InChI is InChI=1S/C21H21N5O5/c1-31-16-7-4-14(5-8-16)22-19(27)13-25-18-12-15(26(29)30)6-9-17(18)23-20(21(25)28)24-10-2-3-11-24/h4-9,12H,2-3,10-11,13H2,1H3,(H,22,27). The Balaban J connectivity index is 1.72. The van der Waals surface area contributed by atoms with E-state index in [2.05, 4.69) is 10.3 Å². The zero-order valence-corrected chi connectivity index (χ0v) is 16.9. The molecule has 10 heteroatoms. The van der Waals surface area contributed by atoms with Gasteiger partial charge in [0.25, 0.3) is 11.2 Å². The fourth-order valence-corrected chi connectivity index (χ4v) is 3.64. The van der Waals surface area contributed by atoms with E-state index in [1.54, 1.807) is 31.4 Å². The molecule has 1 N–H and O–H groups in total. The molecule has 1 aromatic heterocycles. The minimum absolute atomic E-state index is 0.174. The molecule has 0 unspecified atom stereocenters. The van der Waals surface area contributed by atoms with Crippen molar-refractivity contribution in [3.63, 3.8) is 0 Å². The Morgan fingerprint density at radius 3 is 2.55 bits per heavy atom. The van der Waals surface area contributed by atoms with Crippen molar-refractivity contribution in [1.29, 1.82) is 0 Å². The second-order valence-corrected chi connectivity index (χ2v) is 7.23. The second-order valence-electron chi connectivity index (χ2n) is 7.23. The molecule has 1 aliphatic heterocycles. The molecule has 0 saturated carbocycles. The van der Waals surface area contributed by atoms with Crippen LogP contribution in [0.1, 0.15) is 12.8 Å². The van der Waals surface area contributed by atoms with E-state index in [1.807, 2.05) is 4.90 Å². The number of nitro groups is 1. The van der Waals surface area contributed by atoms with E-state index < -0.39 is 16.4 Å². The molecule has 0 spiro atoms. The van der Waals surface area contributed by atoms with Crippen molar-refractivity contribution < 1.29 is 14.5 Å². The molecule has 160 valence electrons. The number of ether oxygens (including phenoxy) is 1. The zero-order valence-electron chi connectivity index (χ0n) is 16.9. The largest absolute Gasteiger partial charge is 0.497 e. The summed E-state index contributed by atoms with van der Waals surface area (Å²) in [5.74, 6) is 0.478. The normalized spacial score (nSPS) is 13.4. The summed E-state index contributed by atoms with van der Waals surface area (Å²) in [6, 6.07) is 10.9. The Morgan fingerprint density at radius 1 is 1.19 bits per heavy atom. The first-order valence-electron chi connectivity index (χ1n) is 9.84. The van der Waals surface area contributed by atoms with Crippen LogP contribution in [-0.2, 0) is 11.3 Å². The highest BCUT2D eigenvalue weighted by Gasteiger charge is 2.22. The van der Waals surface area contributed by atoms with Gasteiger partial charge in [-0.15, -0.1) is 0 Å². The number of methoxy groups -OCH3 is 1. The van der Waals surface area contributed by atoms with Crippen LogP contribution in [-0.4, -0.2) is 40.6 Å². The summed E-state index contributed by atoms with van der Waals surface area (Å²) in [5.41, 5.74) is 0.589. The number of nitro benzene ring substituents is 1. The third-order valence-electron chi connectivity index (χ3n) is 5.20. The van der Waals surface area contributed by atoms with Gasteiger partial charge in [-0.1, -0.05) is 0 Å². The van der Waals surface area contributed by atoms with Crippen LogP contribution < -0.4 is 20.5 Å². The molecule has 0 atom stereocenters. The lowest BCUT2D eigenvalue weighted by molar-refractivity contribution is -0.384. The van der Waals surface area contributed by atoms with E-state index in [1.165, 1.54) is 22.8 Å². The molecule has 2 aromatic carbocycles. The van der Waals surface area contributed by atoms with Gasteiger partial charge in [0, 0.05) is 30.9 Å². The fraction of sp³-hybridized carbons (Fsp3) is 0.286. The Labute approximate surface area is 177 Å². The van der Waals surface area contributed by atoms with Crippen LogP contribution >= 0.6 is 0 Å². The molecule has 3 aromatic rings. The van der Waals surface area contributed by atoms with Crippen molar-refractivity contribution in [3.05, 3.63) is 62.9 Å². The number of fused-ring (bicyclic) bond motifs is 1. The van der Waals surface area contributed by atoms with Crippen molar-refractivity contribution in [2.45, 2.75) is 19.4 Å². The molecule has 31 heavy (non-hydrogen) atoms. The van der Waals surface area contributed by atoms with Gasteiger partial charge in [-0.3, -0.25) is 24.3 Å². The van der Waals surface area contributed by atoms with Crippen LogP contribution in [0, 0.1) is 10.1 Å². The SMILES string of the molecule is COc1ccc(NC(=O)Cn2c(=O)c(N3CCCC3)nc3ccc([N+](=O)[O-])cc32)cc1. The smallest absolute Gasteiger partial charge is 0.294 e.